The third kappa shape index (κ3) is 1.94. The Labute approximate surface area is 96.8 Å². The molecule has 0 bridgehead atoms. The van der Waals surface area contributed by atoms with Crippen LogP contribution in [0.4, 0.5) is 0 Å². The van der Waals surface area contributed by atoms with E-state index in [1.54, 1.807) is 0 Å². The molecule has 0 amide bonds. The third-order valence-electron chi connectivity index (χ3n) is 3.89. The number of hydrogen-bond acceptors (Lipinski definition) is 2. The van der Waals surface area contributed by atoms with Crippen molar-refractivity contribution in [1.29, 1.82) is 0 Å². The molecule has 2 aliphatic carbocycles. The van der Waals surface area contributed by atoms with Gasteiger partial charge in [-0.2, -0.15) is 0 Å². The van der Waals surface area contributed by atoms with Gasteiger partial charge < -0.3 is 10.5 Å². The van der Waals surface area contributed by atoms with Crippen molar-refractivity contribution in [3.63, 3.8) is 0 Å². The quantitative estimate of drug-likeness (QED) is 0.822. The SMILES string of the molecule is NCC1(c2ccc(OCC3CC3)cc2)CC1. The highest BCUT2D eigenvalue weighted by molar-refractivity contribution is 5.36. The van der Waals surface area contributed by atoms with Crippen LogP contribution in [0.5, 0.6) is 5.75 Å². The molecule has 0 heterocycles. The second kappa shape index (κ2) is 3.77. The number of hydrogen-bond donors (Lipinski definition) is 1. The fourth-order valence-electron chi connectivity index (χ4n) is 2.16. The highest BCUT2D eigenvalue weighted by Gasteiger charge is 2.42. The van der Waals surface area contributed by atoms with E-state index in [4.69, 9.17) is 10.5 Å². The molecule has 2 fully saturated rings. The number of nitrogens with two attached hydrogens (primary N) is 1. The van der Waals surface area contributed by atoms with E-state index in [1.165, 1.54) is 31.2 Å². The van der Waals surface area contributed by atoms with Crippen molar-refractivity contribution in [2.24, 2.45) is 11.7 Å². The molecule has 2 heteroatoms. The lowest BCUT2D eigenvalue weighted by atomic mass is 9.96. The lowest BCUT2D eigenvalue weighted by Gasteiger charge is -2.13. The summed E-state index contributed by atoms with van der Waals surface area (Å²) in [4.78, 5) is 0. The van der Waals surface area contributed by atoms with Gasteiger partial charge in [0.2, 0.25) is 0 Å². The summed E-state index contributed by atoms with van der Waals surface area (Å²) in [6, 6.07) is 8.55. The van der Waals surface area contributed by atoms with E-state index in [0.29, 0.717) is 5.41 Å². The fourth-order valence-corrected chi connectivity index (χ4v) is 2.16. The number of rotatable bonds is 5. The van der Waals surface area contributed by atoms with E-state index in [1.807, 2.05) is 0 Å². The molecule has 2 aliphatic rings. The van der Waals surface area contributed by atoms with Gasteiger partial charge in [-0.05, 0) is 49.3 Å². The van der Waals surface area contributed by atoms with Crippen LogP contribution in [-0.2, 0) is 5.41 Å². The molecule has 0 spiro atoms. The van der Waals surface area contributed by atoms with E-state index in [2.05, 4.69) is 24.3 Å². The van der Waals surface area contributed by atoms with Gasteiger partial charge >= 0.3 is 0 Å². The van der Waals surface area contributed by atoms with Crippen LogP contribution in [0.1, 0.15) is 31.2 Å². The van der Waals surface area contributed by atoms with Gasteiger partial charge in [0.05, 0.1) is 6.61 Å². The Bertz CT molecular complexity index is 363. The van der Waals surface area contributed by atoms with Crippen molar-refractivity contribution in [2.45, 2.75) is 31.1 Å². The summed E-state index contributed by atoms with van der Waals surface area (Å²) in [5, 5.41) is 0. The van der Waals surface area contributed by atoms with E-state index < -0.39 is 0 Å². The molecule has 2 nitrogen and oxygen atoms in total. The van der Waals surface area contributed by atoms with E-state index >= 15 is 0 Å². The molecule has 2 N–H and O–H groups in total. The molecule has 0 radical (unpaired) electrons. The van der Waals surface area contributed by atoms with Crippen LogP contribution in [-0.4, -0.2) is 13.2 Å². The average molecular weight is 217 g/mol. The Morgan fingerprint density at radius 1 is 1.19 bits per heavy atom. The highest BCUT2D eigenvalue weighted by Crippen LogP contribution is 2.47. The first-order valence-electron chi connectivity index (χ1n) is 6.26. The normalized spacial score (nSPS) is 21.8. The van der Waals surface area contributed by atoms with Crippen LogP contribution in [0.3, 0.4) is 0 Å². The third-order valence-corrected chi connectivity index (χ3v) is 3.89. The molecule has 2 saturated carbocycles. The van der Waals surface area contributed by atoms with Crippen molar-refractivity contribution in [1.82, 2.24) is 0 Å². The Balaban J connectivity index is 1.64. The first-order valence-corrected chi connectivity index (χ1v) is 6.26. The van der Waals surface area contributed by atoms with Gasteiger partial charge in [-0.3, -0.25) is 0 Å². The molecule has 3 rings (SSSR count). The monoisotopic (exact) mass is 217 g/mol. The summed E-state index contributed by atoms with van der Waals surface area (Å²) >= 11 is 0. The summed E-state index contributed by atoms with van der Waals surface area (Å²) in [5.74, 6) is 1.82. The predicted octanol–water partition coefficient (Wildman–Crippen LogP) is 2.47. The average Bonchev–Trinajstić information content (AvgIpc) is 3.21. The van der Waals surface area contributed by atoms with Crippen LogP contribution >= 0.6 is 0 Å². The van der Waals surface area contributed by atoms with Crippen molar-refractivity contribution < 1.29 is 4.74 Å². The summed E-state index contributed by atoms with van der Waals surface area (Å²) in [6.45, 7) is 1.66. The van der Waals surface area contributed by atoms with Gasteiger partial charge in [0, 0.05) is 12.0 Å². The minimum Gasteiger partial charge on any atom is -0.493 e. The molecule has 0 aliphatic heterocycles. The van der Waals surface area contributed by atoms with Gasteiger partial charge in [-0.25, -0.2) is 0 Å². The maximum absolute atomic E-state index is 5.81. The molecule has 0 unspecified atom stereocenters. The van der Waals surface area contributed by atoms with Gasteiger partial charge in [-0.15, -0.1) is 0 Å². The van der Waals surface area contributed by atoms with E-state index in [-0.39, 0.29) is 0 Å². The molecule has 0 atom stereocenters. The Kier molecular flexibility index (Phi) is 2.40. The molecule has 1 aromatic rings. The highest BCUT2D eigenvalue weighted by atomic mass is 16.5. The van der Waals surface area contributed by atoms with Crippen LogP contribution in [0.25, 0.3) is 0 Å². The summed E-state index contributed by atoms with van der Waals surface area (Å²) in [5.41, 5.74) is 7.50. The Hall–Kier alpha value is -1.02. The van der Waals surface area contributed by atoms with E-state index in [0.717, 1.165) is 24.8 Å². The summed E-state index contributed by atoms with van der Waals surface area (Å²) < 4.78 is 5.72. The summed E-state index contributed by atoms with van der Waals surface area (Å²) in [7, 11) is 0. The second-order valence-corrected chi connectivity index (χ2v) is 5.26. The molecular weight excluding hydrogens is 198 g/mol. The second-order valence-electron chi connectivity index (χ2n) is 5.26. The maximum Gasteiger partial charge on any atom is 0.119 e. The fraction of sp³-hybridized carbons (Fsp3) is 0.571. The van der Waals surface area contributed by atoms with Gasteiger partial charge in [0.25, 0.3) is 0 Å². The van der Waals surface area contributed by atoms with Gasteiger partial charge in [0.15, 0.2) is 0 Å². The number of ether oxygens (including phenoxy) is 1. The summed E-state index contributed by atoms with van der Waals surface area (Å²) in [6.07, 6.45) is 5.17. The zero-order chi connectivity index (χ0) is 11.0. The number of benzene rings is 1. The lowest BCUT2D eigenvalue weighted by molar-refractivity contribution is 0.299. The molecule has 1 aromatic carbocycles. The molecule has 0 aromatic heterocycles. The molecule has 0 saturated heterocycles. The van der Waals surface area contributed by atoms with Crippen molar-refractivity contribution in [3.8, 4) is 5.75 Å². The van der Waals surface area contributed by atoms with Gasteiger partial charge in [-0.1, -0.05) is 12.1 Å². The largest absolute Gasteiger partial charge is 0.493 e. The van der Waals surface area contributed by atoms with E-state index in [9.17, 15) is 0 Å². The smallest absolute Gasteiger partial charge is 0.119 e. The topological polar surface area (TPSA) is 35.2 Å². The first kappa shape index (κ1) is 10.2. The molecule has 16 heavy (non-hydrogen) atoms. The lowest BCUT2D eigenvalue weighted by Crippen LogP contribution is -2.19. The molecular formula is C14H19NO. The van der Waals surface area contributed by atoms with Crippen molar-refractivity contribution in [2.75, 3.05) is 13.2 Å². The zero-order valence-corrected chi connectivity index (χ0v) is 9.61. The zero-order valence-electron chi connectivity index (χ0n) is 9.61. The minimum atomic E-state index is 0.301. The van der Waals surface area contributed by atoms with Crippen LogP contribution in [0.2, 0.25) is 0 Å². The van der Waals surface area contributed by atoms with Gasteiger partial charge in [0.1, 0.15) is 5.75 Å². The maximum atomic E-state index is 5.81. The molecule has 86 valence electrons. The predicted molar refractivity (Wildman–Crippen MR) is 64.6 cm³/mol. The van der Waals surface area contributed by atoms with Crippen LogP contribution < -0.4 is 10.5 Å². The minimum absolute atomic E-state index is 0.301. The van der Waals surface area contributed by atoms with Crippen molar-refractivity contribution in [3.05, 3.63) is 29.8 Å². The standard InChI is InChI=1S/C14H19NO/c15-10-14(7-8-14)12-3-5-13(6-4-12)16-9-11-1-2-11/h3-6,11H,1-2,7-10,15H2. The Morgan fingerprint density at radius 2 is 1.88 bits per heavy atom. The first-order chi connectivity index (χ1) is 7.82. The Morgan fingerprint density at radius 3 is 2.38 bits per heavy atom. The van der Waals surface area contributed by atoms with Crippen molar-refractivity contribution >= 4 is 0 Å². The van der Waals surface area contributed by atoms with Crippen LogP contribution in [0, 0.1) is 5.92 Å². The van der Waals surface area contributed by atoms with Crippen LogP contribution in [0.15, 0.2) is 24.3 Å².